The molecule has 12 heteroatoms. The first kappa shape index (κ1) is 24.3. The predicted molar refractivity (Wildman–Crippen MR) is 117 cm³/mol. The maximum atomic E-state index is 12.7. The van der Waals surface area contributed by atoms with Crippen molar-refractivity contribution in [3.8, 4) is 23.0 Å². The topological polar surface area (TPSA) is 135 Å². The SMILES string of the molecule is COc1cc(C(=O)COc2ccc(S(=O)(=O)N3CCCC3)cc2[N+](=O)[O-])cc(OC)c1OC. The zero-order valence-corrected chi connectivity index (χ0v) is 19.2. The van der Waals surface area contributed by atoms with E-state index >= 15 is 0 Å². The van der Waals surface area contributed by atoms with Gasteiger partial charge in [-0.2, -0.15) is 4.31 Å². The molecule has 0 amide bonds. The third-order valence-electron chi connectivity index (χ3n) is 5.18. The van der Waals surface area contributed by atoms with Crippen LogP contribution >= 0.6 is 0 Å². The van der Waals surface area contributed by atoms with Crippen molar-refractivity contribution in [2.24, 2.45) is 0 Å². The van der Waals surface area contributed by atoms with Gasteiger partial charge in [0.25, 0.3) is 0 Å². The molecule has 1 heterocycles. The molecule has 0 saturated carbocycles. The van der Waals surface area contributed by atoms with Crippen molar-refractivity contribution in [1.82, 2.24) is 4.31 Å². The van der Waals surface area contributed by atoms with Crippen LogP contribution in [0.25, 0.3) is 0 Å². The maximum absolute atomic E-state index is 12.7. The Balaban J connectivity index is 1.84. The van der Waals surface area contributed by atoms with Crippen LogP contribution in [0.5, 0.6) is 23.0 Å². The second-order valence-electron chi connectivity index (χ2n) is 7.12. The molecule has 3 rings (SSSR count). The number of carbonyl (C=O) groups excluding carboxylic acids is 1. The number of methoxy groups -OCH3 is 3. The van der Waals surface area contributed by atoms with E-state index in [-0.39, 0.29) is 27.7 Å². The molecular formula is C21H24N2O9S. The summed E-state index contributed by atoms with van der Waals surface area (Å²) in [6.45, 7) is 0.215. The van der Waals surface area contributed by atoms with Gasteiger partial charge in [-0.1, -0.05) is 0 Å². The summed E-state index contributed by atoms with van der Waals surface area (Å²) in [5, 5.41) is 11.6. The highest BCUT2D eigenvalue weighted by molar-refractivity contribution is 7.89. The van der Waals surface area contributed by atoms with Crippen LogP contribution in [0.1, 0.15) is 23.2 Å². The highest BCUT2D eigenvalue weighted by Gasteiger charge is 2.30. The van der Waals surface area contributed by atoms with Crippen molar-refractivity contribution >= 4 is 21.5 Å². The van der Waals surface area contributed by atoms with Crippen molar-refractivity contribution in [3.63, 3.8) is 0 Å². The number of hydrogen-bond acceptors (Lipinski definition) is 9. The van der Waals surface area contributed by atoms with Crippen molar-refractivity contribution in [2.45, 2.75) is 17.7 Å². The Morgan fingerprint density at radius 3 is 2.12 bits per heavy atom. The standard InChI is InChI=1S/C21H24N2O9S/c1-29-19-10-14(11-20(30-2)21(19)31-3)17(24)13-32-18-7-6-15(12-16(18)23(25)26)33(27,28)22-8-4-5-9-22/h6-7,10-12H,4-5,8-9,13H2,1-3H3. The van der Waals surface area contributed by atoms with Crippen LogP contribution in [0.2, 0.25) is 0 Å². The zero-order valence-electron chi connectivity index (χ0n) is 18.4. The first-order valence-corrected chi connectivity index (χ1v) is 11.4. The first-order valence-electron chi connectivity index (χ1n) is 9.97. The van der Waals surface area contributed by atoms with Gasteiger partial charge >= 0.3 is 5.69 Å². The van der Waals surface area contributed by atoms with E-state index < -0.39 is 33.0 Å². The van der Waals surface area contributed by atoms with Crippen LogP contribution in [0.4, 0.5) is 5.69 Å². The van der Waals surface area contributed by atoms with Gasteiger partial charge in [0.05, 0.1) is 31.1 Å². The minimum absolute atomic E-state index is 0.181. The quantitative estimate of drug-likeness (QED) is 0.286. The number of Topliss-reactive ketones (excluding diaryl/α,β-unsaturated/α-hetero) is 1. The number of hydrogen-bond donors (Lipinski definition) is 0. The molecule has 0 unspecified atom stereocenters. The van der Waals surface area contributed by atoms with Gasteiger partial charge in [0.2, 0.25) is 15.8 Å². The van der Waals surface area contributed by atoms with E-state index in [0.717, 1.165) is 18.9 Å². The molecule has 2 aromatic rings. The summed E-state index contributed by atoms with van der Waals surface area (Å²) in [5.74, 6) is 0.117. The predicted octanol–water partition coefficient (Wildman–Crippen LogP) is 2.67. The van der Waals surface area contributed by atoms with Crippen LogP contribution in [0.15, 0.2) is 35.2 Å². The summed E-state index contributed by atoms with van der Waals surface area (Å²) in [5.41, 5.74) is -0.367. The fourth-order valence-corrected chi connectivity index (χ4v) is 5.01. The number of benzene rings is 2. The summed E-state index contributed by atoms with van der Waals surface area (Å²) in [6, 6.07) is 6.25. The molecule has 0 N–H and O–H groups in total. The molecule has 0 radical (unpaired) electrons. The summed E-state index contributed by atoms with van der Waals surface area (Å²) in [6.07, 6.45) is 1.48. The fraction of sp³-hybridized carbons (Fsp3) is 0.381. The lowest BCUT2D eigenvalue weighted by Gasteiger charge is -2.16. The van der Waals surface area contributed by atoms with E-state index in [0.29, 0.717) is 18.8 Å². The Morgan fingerprint density at radius 2 is 1.61 bits per heavy atom. The van der Waals surface area contributed by atoms with E-state index in [2.05, 4.69) is 0 Å². The van der Waals surface area contributed by atoms with Gasteiger partial charge in [0, 0.05) is 24.7 Å². The van der Waals surface area contributed by atoms with Crippen LogP contribution in [-0.4, -0.2) is 64.5 Å². The monoisotopic (exact) mass is 480 g/mol. The van der Waals surface area contributed by atoms with Gasteiger partial charge in [-0.3, -0.25) is 14.9 Å². The molecule has 0 aromatic heterocycles. The number of rotatable bonds is 10. The highest BCUT2D eigenvalue weighted by Crippen LogP contribution is 2.38. The van der Waals surface area contributed by atoms with Crippen molar-refractivity contribution in [1.29, 1.82) is 0 Å². The minimum Gasteiger partial charge on any atom is -0.493 e. The molecule has 0 aliphatic carbocycles. The molecule has 1 fully saturated rings. The number of ketones is 1. The van der Waals surface area contributed by atoms with E-state index in [9.17, 15) is 23.3 Å². The Kier molecular flexibility index (Phi) is 7.39. The summed E-state index contributed by atoms with van der Waals surface area (Å²) in [4.78, 5) is 23.3. The molecule has 0 bridgehead atoms. The molecule has 1 aliphatic rings. The second kappa shape index (κ2) is 10.0. The maximum Gasteiger partial charge on any atom is 0.312 e. The molecule has 1 saturated heterocycles. The highest BCUT2D eigenvalue weighted by atomic mass is 32.2. The number of nitro groups is 1. The van der Waals surface area contributed by atoms with E-state index in [1.165, 1.54) is 49.9 Å². The number of carbonyl (C=O) groups is 1. The van der Waals surface area contributed by atoms with E-state index in [1.807, 2.05) is 0 Å². The average Bonchev–Trinajstić information content (AvgIpc) is 3.37. The smallest absolute Gasteiger partial charge is 0.312 e. The number of sulfonamides is 1. The number of nitro benzene ring substituents is 1. The number of nitrogens with zero attached hydrogens (tertiary/aromatic N) is 2. The van der Waals surface area contributed by atoms with Crippen LogP contribution in [-0.2, 0) is 10.0 Å². The minimum atomic E-state index is -3.84. The third-order valence-corrected chi connectivity index (χ3v) is 7.07. The average molecular weight is 480 g/mol. The Hall–Kier alpha value is -3.38. The molecule has 11 nitrogen and oxygen atoms in total. The molecule has 178 valence electrons. The van der Waals surface area contributed by atoms with Gasteiger partial charge in [-0.05, 0) is 37.1 Å². The Labute approximate surface area is 191 Å². The van der Waals surface area contributed by atoms with E-state index in [4.69, 9.17) is 18.9 Å². The van der Waals surface area contributed by atoms with Crippen molar-refractivity contribution < 1.29 is 37.1 Å². The first-order chi connectivity index (χ1) is 15.7. The van der Waals surface area contributed by atoms with E-state index in [1.54, 1.807) is 0 Å². The second-order valence-corrected chi connectivity index (χ2v) is 9.06. The molecule has 0 atom stereocenters. The molecule has 33 heavy (non-hydrogen) atoms. The third kappa shape index (κ3) is 5.01. The van der Waals surface area contributed by atoms with Crippen molar-refractivity contribution in [2.75, 3.05) is 41.0 Å². The van der Waals surface area contributed by atoms with Gasteiger partial charge in [0.1, 0.15) is 0 Å². The zero-order chi connectivity index (χ0) is 24.2. The van der Waals surface area contributed by atoms with Gasteiger partial charge in [-0.25, -0.2) is 8.42 Å². The summed E-state index contributed by atoms with van der Waals surface area (Å²) < 4.78 is 47.8. The Bertz CT molecular complexity index is 1130. The molecular weight excluding hydrogens is 456 g/mol. The lowest BCUT2D eigenvalue weighted by molar-refractivity contribution is -0.386. The molecule has 2 aromatic carbocycles. The summed E-state index contributed by atoms with van der Waals surface area (Å²) >= 11 is 0. The van der Waals surface area contributed by atoms with Gasteiger partial charge in [0.15, 0.2) is 29.6 Å². The lowest BCUT2D eigenvalue weighted by atomic mass is 10.1. The van der Waals surface area contributed by atoms with Crippen LogP contribution in [0, 0.1) is 10.1 Å². The van der Waals surface area contributed by atoms with Gasteiger partial charge in [-0.15, -0.1) is 0 Å². The molecule has 0 spiro atoms. The summed E-state index contributed by atoms with van der Waals surface area (Å²) in [7, 11) is 0.399. The van der Waals surface area contributed by atoms with Crippen LogP contribution < -0.4 is 18.9 Å². The molecule has 1 aliphatic heterocycles. The number of ether oxygens (including phenoxy) is 4. The van der Waals surface area contributed by atoms with Gasteiger partial charge < -0.3 is 18.9 Å². The largest absolute Gasteiger partial charge is 0.493 e. The Morgan fingerprint density at radius 1 is 1.00 bits per heavy atom. The normalized spacial score (nSPS) is 14.0. The van der Waals surface area contributed by atoms with Crippen LogP contribution in [0.3, 0.4) is 0 Å². The van der Waals surface area contributed by atoms with Crippen molar-refractivity contribution in [3.05, 3.63) is 46.0 Å². The lowest BCUT2D eigenvalue weighted by Crippen LogP contribution is -2.27. The fourth-order valence-electron chi connectivity index (χ4n) is 3.47.